The van der Waals surface area contributed by atoms with Gasteiger partial charge in [0.2, 0.25) is 5.91 Å². The molecule has 1 fully saturated rings. The van der Waals surface area contributed by atoms with Gasteiger partial charge in [0, 0.05) is 31.7 Å². The molecule has 1 aliphatic heterocycles. The van der Waals surface area contributed by atoms with Gasteiger partial charge in [-0.15, -0.1) is 0 Å². The van der Waals surface area contributed by atoms with Gasteiger partial charge in [0.05, 0.1) is 31.7 Å². The lowest BCUT2D eigenvalue weighted by molar-refractivity contribution is -0.134. The van der Waals surface area contributed by atoms with Crippen molar-refractivity contribution < 1.29 is 32.7 Å². The average molecular weight is 589 g/mol. The van der Waals surface area contributed by atoms with Gasteiger partial charge in [-0.25, -0.2) is 9.78 Å². The highest BCUT2D eigenvalue weighted by Gasteiger charge is 2.37. The SMILES string of the molecule is CCCCOC(=O)N1CCN(C(=O)C(CP(=O)(OCC)OCC)NC(=O)c2cc(C)cc(-c3ccccc3)n2)CC1. The number of amides is 3. The summed E-state index contributed by atoms with van der Waals surface area (Å²) in [6.07, 6.45) is 0.957. The topological polar surface area (TPSA) is 127 Å². The first-order valence-corrected chi connectivity index (χ1v) is 15.9. The smallest absolute Gasteiger partial charge is 0.409 e. The number of unbranched alkanes of at least 4 members (excludes halogenated alkanes) is 1. The molecule has 0 saturated carbocycles. The van der Waals surface area contributed by atoms with Crippen LogP contribution in [0.25, 0.3) is 11.3 Å². The van der Waals surface area contributed by atoms with Crippen LogP contribution in [0.3, 0.4) is 0 Å². The lowest BCUT2D eigenvalue weighted by Crippen LogP contribution is -2.57. The quantitative estimate of drug-likeness (QED) is 0.268. The van der Waals surface area contributed by atoms with Gasteiger partial charge in [0.15, 0.2) is 0 Å². The number of pyridine rings is 1. The summed E-state index contributed by atoms with van der Waals surface area (Å²) in [5.74, 6) is -1.02. The van der Waals surface area contributed by atoms with Crippen molar-refractivity contribution in [1.82, 2.24) is 20.1 Å². The molecule has 11 nitrogen and oxygen atoms in total. The number of benzene rings is 1. The van der Waals surface area contributed by atoms with Gasteiger partial charge in [-0.05, 0) is 44.9 Å². The molecule has 1 aromatic carbocycles. The third kappa shape index (κ3) is 9.38. The van der Waals surface area contributed by atoms with E-state index < -0.39 is 31.5 Å². The van der Waals surface area contributed by atoms with Crippen LogP contribution in [0, 0.1) is 6.92 Å². The summed E-state index contributed by atoms with van der Waals surface area (Å²) in [6, 6.07) is 11.8. The van der Waals surface area contributed by atoms with Crippen LogP contribution in [-0.4, -0.2) is 90.9 Å². The predicted octanol–water partition coefficient (Wildman–Crippen LogP) is 4.50. The maximum Gasteiger partial charge on any atom is 0.409 e. The lowest BCUT2D eigenvalue weighted by Gasteiger charge is -2.36. The molecule has 41 heavy (non-hydrogen) atoms. The maximum absolute atomic E-state index is 13.7. The molecule has 1 N–H and O–H groups in total. The van der Waals surface area contributed by atoms with Gasteiger partial charge in [-0.3, -0.25) is 14.2 Å². The van der Waals surface area contributed by atoms with Crippen molar-refractivity contribution in [2.75, 3.05) is 52.2 Å². The molecule has 1 aromatic heterocycles. The van der Waals surface area contributed by atoms with Crippen molar-refractivity contribution in [3.63, 3.8) is 0 Å². The Balaban J connectivity index is 1.79. The third-order valence-corrected chi connectivity index (χ3v) is 8.62. The Morgan fingerprint density at radius 3 is 2.22 bits per heavy atom. The number of hydrogen-bond donors (Lipinski definition) is 1. The summed E-state index contributed by atoms with van der Waals surface area (Å²) < 4.78 is 29.6. The first-order chi connectivity index (χ1) is 19.7. The van der Waals surface area contributed by atoms with Crippen molar-refractivity contribution in [3.8, 4) is 11.3 Å². The van der Waals surface area contributed by atoms with Gasteiger partial charge in [-0.1, -0.05) is 43.7 Å². The number of aryl methyl sites for hydroxylation is 1. The number of aromatic nitrogens is 1. The summed E-state index contributed by atoms with van der Waals surface area (Å²) in [4.78, 5) is 47.2. The van der Waals surface area contributed by atoms with Gasteiger partial charge >= 0.3 is 13.7 Å². The van der Waals surface area contributed by atoms with Crippen LogP contribution >= 0.6 is 7.60 Å². The number of carbonyl (C=O) groups excluding carboxylic acids is 3. The van der Waals surface area contributed by atoms with E-state index in [1.807, 2.05) is 50.2 Å². The Kier molecular flexibility index (Phi) is 12.3. The predicted molar refractivity (Wildman–Crippen MR) is 156 cm³/mol. The summed E-state index contributed by atoms with van der Waals surface area (Å²) >= 11 is 0. The van der Waals surface area contributed by atoms with E-state index in [0.717, 1.165) is 24.0 Å². The van der Waals surface area contributed by atoms with E-state index in [9.17, 15) is 18.9 Å². The molecule has 1 atom stereocenters. The fraction of sp³-hybridized carbons (Fsp3) is 0.517. The summed E-state index contributed by atoms with van der Waals surface area (Å²) in [5.41, 5.74) is 2.42. The Morgan fingerprint density at radius 1 is 0.976 bits per heavy atom. The van der Waals surface area contributed by atoms with E-state index in [4.69, 9.17) is 13.8 Å². The minimum atomic E-state index is -3.71. The molecule has 12 heteroatoms. The second-order valence-electron chi connectivity index (χ2n) is 9.72. The van der Waals surface area contributed by atoms with Crippen LogP contribution in [0.4, 0.5) is 4.79 Å². The maximum atomic E-state index is 13.7. The molecule has 1 unspecified atom stereocenters. The number of hydrogen-bond acceptors (Lipinski definition) is 8. The summed E-state index contributed by atoms with van der Waals surface area (Å²) in [5, 5.41) is 2.75. The molecule has 1 aliphatic rings. The zero-order valence-corrected chi connectivity index (χ0v) is 25.2. The zero-order valence-electron chi connectivity index (χ0n) is 24.3. The van der Waals surface area contributed by atoms with Gasteiger partial charge in [0.1, 0.15) is 11.7 Å². The van der Waals surface area contributed by atoms with Crippen molar-refractivity contribution >= 4 is 25.5 Å². The molecule has 1 saturated heterocycles. The monoisotopic (exact) mass is 588 g/mol. The molecule has 3 amide bonds. The van der Waals surface area contributed by atoms with Crippen molar-refractivity contribution in [1.29, 1.82) is 0 Å². The standard InChI is InChI=1S/C29H41N4O7P/c1-5-8-18-38-29(36)33-16-14-32(15-17-33)28(35)26(21-41(37,39-6-2)40-7-3)31-27(34)25-20-22(4)19-24(30-25)23-12-10-9-11-13-23/h9-13,19-20,26H,5-8,14-18,21H2,1-4H3,(H,31,34). The number of nitrogens with zero attached hydrogens (tertiary/aromatic N) is 3. The molecular formula is C29H41N4O7P. The largest absolute Gasteiger partial charge is 0.449 e. The Morgan fingerprint density at radius 2 is 1.61 bits per heavy atom. The Bertz CT molecular complexity index is 1210. The van der Waals surface area contributed by atoms with E-state index in [0.29, 0.717) is 12.3 Å². The highest BCUT2D eigenvalue weighted by molar-refractivity contribution is 7.54. The number of nitrogens with one attached hydrogen (secondary N) is 1. The minimum Gasteiger partial charge on any atom is -0.449 e. The average Bonchev–Trinajstić information content (AvgIpc) is 2.97. The highest BCUT2D eigenvalue weighted by Crippen LogP contribution is 2.48. The molecule has 0 radical (unpaired) electrons. The fourth-order valence-electron chi connectivity index (χ4n) is 4.44. The van der Waals surface area contributed by atoms with Crippen LogP contribution in [0.2, 0.25) is 0 Å². The normalized spacial score (nSPS) is 14.4. The number of piperazine rings is 1. The molecule has 2 heterocycles. The molecule has 2 aromatic rings. The second-order valence-corrected chi connectivity index (χ2v) is 11.8. The first-order valence-electron chi connectivity index (χ1n) is 14.1. The first kappa shape index (κ1) is 32.2. The van der Waals surface area contributed by atoms with E-state index in [2.05, 4.69) is 10.3 Å². The van der Waals surface area contributed by atoms with Gasteiger partial charge in [0.25, 0.3) is 5.91 Å². The Labute approximate surface area is 242 Å². The minimum absolute atomic E-state index is 0.116. The van der Waals surface area contributed by atoms with Crippen molar-refractivity contribution in [2.24, 2.45) is 0 Å². The van der Waals surface area contributed by atoms with Crippen LogP contribution in [-0.2, 0) is 23.1 Å². The van der Waals surface area contributed by atoms with Crippen LogP contribution < -0.4 is 5.32 Å². The van der Waals surface area contributed by atoms with E-state index >= 15 is 0 Å². The van der Waals surface area contributed by atoms with E-state index in [1.165, 1.54) is 0 Å². The van der Waals surface area contributed by atoms with E-state index in [-0.39, 0.29) is 51.2 Å². The third-order valence-electron chi connectivity index (χ3n) is 6.51. The number of carbonyl (C=O) groups is 3. The number of rotatable bonds is 13. The van der Waals surface area contributed by atoms with Gasteiger partial charge < -0.3 is 28.9 Å². The molecule has 0 spiro atoms. The molecule has 0 aliphatic carbocycles. The Hall–Kier alpha value is -3.27. The molecular weight excluding hydrogens is 547 g/mol. The van der Waals surface area contributed by atoms with Crippen molar-refractivity contribution in [3.05, 3.63) is 53.7 Å². The molecule has 224 valence electrons. The summed E-state index contributed by atoms with van der Waals surface area (Å²) in [7, 11) is -3.71. The zero-order chi connectivity index (χ0) is 29.8. The molecule has 3 rings (SSSR count). The van der Waals surface area contributed by atoms with Crippen LogP contribution in [0.15, 0.2) is 42.5 Å². The number of ether oxygens (including phenoxy) is 1. The fourth-order valence-corrected chi connectivity index (χ4v) is 6.21. The van der Waals surface area contributed by atoms with Crippen molar-refractivity contribution in [2.45, 2.75) is 46.6 Å². The van der Waals surface area contributed by atoms with Gasteiger partial charge in [-0.2, -0.15) is 0 Å². The lowest BCUT2D eigenvalue weighted by atomic mass is 10.1. The van der Waals surface area contributed by atoms with Crippen LogP contribution in [0.5, 0.6) is 0 Å². The second kappa shape index (κ2) is 15.7. The van der Waals surface area contributed by atoms with E-state index in [1.54, 1.807) is 29.7 Å². The van der Waals surface area contributed by atoms with Crippen LogP contribution in [0.1, 0.15) is 49.7 Å². The summed E-state index contributed by atoms with van der Waals surface area (Å²) in [6.45, 7) is 8.87. The highest BCUT2D eigenvalue weighted by atomic mass is 31.2. The molecule has 0 bridgehead atoms.